The van der Waals surface area contributed by atoms with Crippen molar-refractivity contribution in [1.82, 2.24) is 0 Å². The number of hydrogen-bond acceptors (Lipinski definition) is 2. The number of anilines is 2. The molecule has 1 aliphatic heterocycles. The molecule has 6 heteroatoms. The van der Waals surface area contributed by atoms with E-state index in [4.69, 9.17) is 0 Å². The number of hydrogen-bond donors (Lipinski definition) is 3. The molecule has 3 rings (SSSR count). The lowest BCUT2D eigenvalue weighted by atomic mass is 10.1. The number of aryl methyl sites for hydroxylation is 2. The molecule has 0 aromatic heterocycles. The van der Waals surface area contributed by atoms with Crippen LogP contribution in [0.1, 0.15) is 25.0 Å². The third kappa shape index (κ3) is 6.15. The number of nitrogens with zero attached hydrogens (tertiary/aromatic N) is 1. The number of para-hydroxylation sites is 2. The van der Waals surface area contributed by atoms with Crippen LogP contribution >= 0.6 is 0 Å². The fraction of sp³-hybridized carbons (Fsp3) is 0.440. The molecule has 1 fully saturated rings. The lowest BCUT2D eigenvalue weighted by Crippen LogP contribution is -3.28. The van der Waals surface area contributed by atoms with Crippen LogP contribution in [0.2, 0.25) is 0 Å². The average Bonchev–Trinajstić information content (AvgIpc) is 2.73. The lowest BCUT2D eigenvalue weighted by molar-refractivity contribution is -1.00. The monoisotopic (exact) mass is 424 g/mol. The molecule has 1 aliphatic rings. The number of piperazine rings is 1. The highest BCUT2D eigenvalue weighted by Gasteiger charge is 2.29. The minimum atomic E-state index is 0.0574. The molecule has 1 heterocycles. The van der Waals surface area contributed by atoms with Crippen molar-refractivity contribution < 1.29 is 19.4 Å². The summed E-state index contributed by atoms with van der Waals surface area (Å²) in [5, 5.41) is 3.09. The predicted molar refractivity (Wildman–Crippen MR) is 125 cm³/mol. The molecule has 6 nitrogen and oxygen atoms in total. The summed E-state index contributed by atoms with van der Waals surface area (Å²) in [6.07, 6.45) is 0. The molecule has 166 valence electrons. The highest BCUT2D eigenvalue weighted by molar-refractivity contribution is 5.94. The van der Waals surface area contributed by atoms with Gasteiger partial charge in [0.1, 0.15) is 26.2 Å². The molecular formula is C25H36N4O2+2. The number of benzene rings is 2. The van der Waals surface area contributed by atoms with E-state index in [9.17, 15) is 9.59 Å². The summed E-state index contributed by atoms with van der Waals surface area (Å²) < 4.78 is 0. The fourth-order valence-electron chi connectivity index (χ4n) is 4.35. The third-order valence-corrected chi connectivity index (χ3v) is 6.04. The van der Waals surface area contributed by atoms with Crippen molar-refractivity contribution in [3.63, 3.8) is 0 Å². The van der Waals surface area contributed by atoms with Gasteiger partial charge in [-0.25, -0.2) is 0 Å². The van der Waals surface area contributed by atoms with Gasteiger partial charge in [0.25, 0.3) is 11.8 Å². The summed E-state index contributed by atoms with van der Waals surface area (Å²) in [4.78, 5) is 30.1. The molecule has 0 unspecified atom stereocenters. The van der Waals surface area contributed by atoms with Gasteiger partial charge in [0, 0.05) is 17.4 Å². The second kappa shape index (κ2) is 10.6. The summed E-state index contributed by atoms with van der Waals surface area (Å²) in [7, 11) is 0. The van der Waals surface area contributed by atoms with Gasteiger partial charge in [0.05, 0.1) is 0 Å². The first-order valence-electron chi connectivity index (χ1n) is 11.3. The average molecular weight is 425 g/mol. The predicted octanol–water partition coefficient (Wildman–Crippen LogP) is 0.467. The van der Waals surface area contributed by atoms with Crippen molar-refractivity contribution in [2.45, 2.75) is 33.7 Å². The Morgan fingerprint density at radius 2 is 1.42 bits per heavy atom. The molecule has 2 amide bonds. The first-order chi connectivity index (χ1) is 14.8. The first-order valence-corrected chi connectivity index (χ1v) is 11.3. The Hall–Kier alpha value is -2.70. The van der Waals surface area contributed by atoms with E-state index in [-0.39, 0.29) is 17.9 Å². The molecule has 2 aromatic carbocycles. The van der Waals surface area contributed by atoms with Crippen LogP contribution in [0.25, 0.3) is 0 Å². The van der Waals surface area contributed by atoms with Crippen LogP contribution < -0.4 is 20.0 Å². The molecule has 2 aromatic rings. The maximum Gasteiger partial charge on any atom is 0.282 e. The molecule has 31 heavy (non-hydrogen) atoms. The Balaban J connectivity index is 1.49. The van der Waals surface area contributed by atoms with Gasteiger partial charge in [-0.2, -0.15) is 0 Å². The van der Waals surface area contributed by atoms with Crippen molar-refractivity contribution in [3.05, 3.63) is 59.7 Å². The van der Waals surface area contributed by atoms with Gasteiger partial charge in [-0.1, -0.05) is 36.4 Å². The molecule has 0 atom stereocenters. The van der Waals surface area contributed by atoms with E-state index < -0.39 is 0 Å². The Bertz CT molecular complexity index is 869. The maximum absolute atomic E-state index is 13.0. The first kappa shape index (κ1) is 23.0. The number of carbonyl (C=O) groups is 2. The van der Waals surface area contributed by atoms with Crippen LogP contribution in [0, 0.1) is 13.8 Å². The van der Waals surface area contributed by atoms with Gasteiger partial charge in [0.2, 0.25) is 0 Å². The van der Waals surface area contributed by atoms with Crippen LogP contribution in [0.5, 0.6) is 0 Å². The summed E-state index contributed by atoms with van der Waals surface area (Å²) in [5.74, 6) is 0.217. The number of quaternary nitrogens is 2. The Labute approximate surface area is 185 Å². The summed E-state index contributed by atoms with van der Waals surface area (Å²) >= 11 is 0. The van der Waals surface area contributed by atoms with E-state index in [1.165, 1.54) is 9.80 Å². The van der Waals surface area contributed by atoms with Gasteiger partial charge in [0.15, 0.2) is 13.1 Å². The van der Waals surface area contributed by atoms with Crippen molar-refractivity contribution >= 4 is 23.2 Å². The van der Waals surface area contributed by atoms with E-state index in [0.717, 1.165) is 48.7 Å². The van der Waals surface area contributed by atoms with Gasteiger partial charge in [-0.15, -0.1) is 0 Å². The van der Waals surface area contributed by atoms with Crippen molar-refractivity contribution in [2.24, 2.45) is 0 Å². The summed E-state index contributed by atoms with van der Waals surface area (Å²) in [6, 6.07) is 16.1. The Morgan fingerprint density at radius 1 is 0.871 bits per heavy atom. The maximum atomic E-state index is 13.0. The number of nitrogens with one attached hydrogen (secondary N) is 3. The van der Waals surface area contributed by atoms with Crippen LogP contribution in [0.4, 0.5) is 11.4 Å². The highest BCUT2D eigenvalue weighted by atomic mass is 16.2. The van der Waals surface area contributed by atoms with Gasteiger partial charge >= 0.3 is 0 Å². The van der Waals surface area contributed by atoms with E-state index in [1.807, 2.05) is 67.3 Å². The molecule has 0 spiro atoms. The van der Waals surface area contributed by atoms with Gasteiger partial charge < -0.3 is 20.0 Å². The van der Waals surface area contributed by atoms with E-state index >= 15 is 0 Å². The fourth-order valence-corrected chi connectivity index (χ4v) is 4.35. The zero-order valence-corrected chi connectivity index (χ0v) is 19.2. The molecule has 0 saturated carbocycles. The second-order valence-corrected chi connectivity index (χ2v) is 8.86. The molecule has 0 radical (unpaired) electrons. The zero-order valence-electron chi connectivity index (χ0n) is 19.2. The minimum absolute atomic E-state index is 0.0574. The standard InChI is InChI=1S/C25H34N4O2/c1-19(2)29(22-11-6-5-7-12-22)24(31)18-28-15-13-27(14-16-28)17-23(30)26-25-20(3)9-8-10-21(25)4/h5-12,19H,13-18H2,1-4H3,(H,26,30)/p+2. The molecule has 3 N–H and O–H groups in total. The van der Waals surface area contributed by atoms with Gasteiger partial charge in [-0.05, 0) is 51.0 Å². The van der Waals surface area contributed by atoms with Gasteiger partial charge in [-0.3, -0.25) is 9.59 Å². The Kier molecular flexibility index (Phi) is 7.82. The smallest absolute Gasteiger partial charge is 0.282 e. The van der Waals surface area contributed by atoms with E-state index in [2.05, 4.69) is 19.2 Å². The normalized spacial score (nSPS) is 18.6. The number of rotatable bonds is 7. The molecular weight excluding hydrogens is 388 g/mol. The van der Waals surface area contributed by atoms with Crippen molar-refractivity contribution in [1.29, 1.82) is 0 Å². The number of carbonyl (C=O) groups excluding carboxylic acids is 2. The summed E-state index contributed by atoms with van der Waals surface area (Å²) in [5.41, 5.74) is 4.05. The largest absolute Gasteiger partial charge is 0.321 e. The van der Waals surface area contributed by atoms with Crippen molar-refractivity contribution in [2.75, 3.05) is 49.5 Å². The van der Waals surface area contributed by atoms with Crippen LogP contribution in [-0.2, 0) is 9.59 Å². The molecule has 1 saturated heterocycles. The van der Waals surface area contributed by atoms with E-state index in [1.54, 1.807) is 0 Å². The lowest BCUT2D eigenvalue weighted by Gasteiger charge is -2.32. The SMILES string of the molecule is Cc1cccc(C)c1NC(=O)C[NH+]1CC[NH+](CC(=O)N(c2ccccc2)C(C)C)CC1. The van der Waals surface area contributed by atoms with Crippen LogP contribution in [0.15, 0.2) is 48.5 Å². The zero-order chi connectivity index (χ0) is 22.4. The van der Waals surface area contributed by atoms with Crippen LogP contribution in [0.3, 0.4) is 0 Å². The Morgan fingerprint density at radius 3 is 1.97 bits per heavy atom. The highest BCUT2D eigenvalue weighted by Crippen LogP contribution is 2.19. The topological polar surface area (TPSA) is 58.3 Å². The minimum Gasteiger partial charge on any atom is -0.321 e. The third-order valence-electron chi connectivity index (χ3n) is 6.04. The molecule has 0 aliphatic carbocycles. The second-order valence-electron chi connectivity index (χ2n) is 8.86. The number of amides is 2. The quantitative estimate of drug-likeness (QED) is 0.605. The molecule has 0 bridgehead atoms. The summed E-state index contributed by atoms with van der Waals surface area (Å²) in [6.45, 7) is 12.7. The van der Waals surface area contributed by atoms with Crippen molar-refractivity contribution in [3.8, 4) is 0 Å². The van der Waals surface area contributed by atoms with E-state index in [0.29, 0.717) is 13.1 Å². The van der Waals surface area contributed by atoms with Crippen LogP contribution in [-0.4, -0.2) is 57.1 Å².